The molecule has 29 heavy (non-hydrogen) atoms. The zero-order valence-electron chi connectivity index (χ0n) is 17.6. The average molecular weight is 400 g/mol. The zero-order valence-corrected chi connectivity index (χ0v) is 17.6. The Hall–Kier alpha value is -2.21. The van der Waals surface area contributed by atoms with E-state index in [-0.39, 0.29) is 35.6 Å². The fourth-order valence-corrected chi connectivity index (χ4v) is 4.32. The smallest absolute Gasteiger partial charge is 0.241 e. The van der Waals surface area contributed by atoms with Crippen molar-refractivity contribution in [1.82, 2.24) is 10.2 Å². The molecule has 1 heterocycles. The van der Waals surface area contributed by atoms with Crippen LogP contribution in [0.2, 0.25) is 0 Å². The fraction of sp³-hybridized carbons (Fsp3) is 0.609. The highest BCUT2D eigenvalue weighted by Gasteiger charge is 2.29. The first-order valence-electron chi connectivity index (χ1n) is 10.9. The Morgan fingerprint density at radius 1 is 0.966 bits per heavy atom. The van der Waals surface area contributed by atoms with E-state index in [9.17, 15) is 14.4 Å². The van der Waals surface area contributed by atoms with Crippen LogP contribution in [0, 0.1) is 5.92 Å². The Balaban J connectivity index is 1.44. The van der Waals surface area contributed by atoms with Gasteiger partial charge in [-0.1, -0.05) is 19.3 Å². The molecule has 0 radical (unpaired) electrons. The third-order valence-corrected chi connectivity index (χ3v) is 6.34. The SMILES string of the molecule is CC(=O)c1ccc(NC(=O)C(C)N2CCC(NC(=O)C3CCCCC3)CC2)cc1. The van der Waals surface area contributed by atoms with Crippen LogP contribution in [0.15, 0.2) is 24.3 Å². The quantitative estimate of drug-likeness (QED) is 0.719. The van der Waals surface area contributed by atoms with Crippen molar-refractivity contribution in [2.45, 2.75) is 70.9 Å². The van der Waals surface area contributed by atoms with E-state index >= 15 is 0 Å². The summed E-state index contributed by atoms with van der Waals surface area (Å²) in [5.41, 5.74) is 1.33. The number of likely N-dealkylation sites (tertiary alicyclic amines) is 1. The lowest BCUT2D eigenvalue weighted by Gasteiger charge is -2.36. The van der Waals surface area contributed by atoms with Crippen molar-refractivity contribution in [3.8, 4) is 0 Å². The van der Waals surface area contributed by atoms with Crippen molar-refractivity contribution in [1.29, 1.82) is 0 Å². The maximum Gasteiger partial charge on any atom is 0.241 e. The number of Topliss-reactive ketones (excluding diaryl/α,β-unsaturated/α-hetero) is 1. The molecule has 3 rings (SSSR count). The molecule has 1 saturated carbocycles. The number of benzene rings is 1. The number of anilines is 1. The zero-order chi connectivity index (χ0) is 20.8. The molecule has 1 aliphatic carbocycles. The maximum absolute atomic E-state index is 12.6. The van der Waals surface area contributed by atoms with E-state index in [1.54, 1.807) is 24.3 Å². The normalized spacial score (nSPS) is 20.1. The Morgan fingerprint density at radius 2 is 1.59 bits per heavy atom. The van der Waals surface area contributed by atoms with Crippen molar-refractivity contribution in [3.05, 3.63) is 29.8 Å². The summed E-state index contributed by atoms with van der Waals surface area (Å²) in [5, 5.41) is 6.17. The highest BCUT2D eigenvalue weighted by atomic mass is 16.2. The molecule has 0 spiro atoms. The Labute approximate surface area is 173 Å². The van der Waals surface area contributed by atoms with Gasteiger partial charge in [-0.25, -0.2) is 0 Å². The summed E-state index contributed by atoms with van der Waals surface area (Å²) >= 11 is 0. The van der Waals surface area contributed by atoms with Gasteiger partial charge in [0, 0.05) is 36.3 Å². The maximum atomic E-state index is 12.6. The van der Waals surface area contributed by atoms with Gasteiger partial charge in [0.15, 0.2) is 5.78 Å². The van der Waals surface area contributed by atoms with Crippen LogP contribution in [0.25, 0.3) is 0 Å². The topological polar surface area (TPSA) is 78.5 Å². The van der Waals surface area contributed by atoms with Gasteiger partial charge >= 0.3 is 0 Å². The number of amides is 2. The van der Waals surface area contributed by atoms with Gasteiger partial charge in [0.1, 0.15) is 0 Å². The molecule has 1 unspecified atom stereocenters. The van der Waals surface area contributed by atoms with Crippen LogP contribution in [0.5, 0.6) is 0 Å². The number of nitrogens with zero attached hydrogens (tertiary/aromatic N) is 1. The largest absolute Gasteiger partial charge is 0.353 e. The van der Waals surface area contributed by atoms with Crippen molar-refractivity contribution in [2.24, 2.45) is 5.92 Å². The molecule has 0 bridgehead atoms. The van der Waals surface area contributed by atoms with E-state index in [0.717, 1.165) is 38.8 Å². The third-order valence-electron chi connectivity index (χ3n) is 6.34. The number of piperidine rings is 1. The summed E-state index contributed by atoms with van der Waals surface area (Å²) in [6.45, 7) is 5.04. The minimum Gasteiger partial charge on any atom is -0.353 e. The predicted octanol–water partition coefficient (Wildman–Crippen LogP) is 3.38. The molecule has 2 fully saturated rings. The molecule has 1 atom stereocenters. The molecule has 6 heteroatoms. The molecule has 0 aromatic heterocycles. The lowest BCUT2D eigenvalue weighted by molar-refractivity contribution is -0.127. The fourth-order valence-electron chi connectivity index (χ4n) is 4.32. The van der Waals surface area contributed by atoms with Crippen LogP contribution >= 0.6 is 0 Å². The summed E-state index contributed by atoms with van der Waals surface area (Å²) in [4.78, 5) is 38.6. The molecule has 2 N–H and O–H groups in total. The lowest BCUT2D eigenvalue weighted by atomic mass is 9.88. The first-order valence-corrected chi connectivity index (χ1v) is 10.9. The number of carbonyl (C=O) groups excluding carboxylic acids is 3. The van der Waals surface area contributed by atoms with E-state index in [0.29, 0.717) is 11.3 Å². The summed E-state index contributed by atoms with van der Waals surface area (Å²) in [6.07, 6.45) is 7.39. The van der Waals surface area contributed by atoms with Gasteiger partial charge < -0.3 is 10.6 Å². The molecule has 1 aromatic rings. The van der Waals surface area contributed by atoms with Gasteiger partial charge in [-0.15, -0.1) is 0 Å². The summed E-state index contributed by atoms with van der Waals surface area (Å²) < 4.78 is 0. The van der Waals surface area contributed by atoms with E-state index in [1.165, 1.54) is 26.2 Å². The van der Waals surface area contributed by atoms with Crippen molar-refractivity contribution in [3.63, 3.8) is 0 Å². The van der Waals surface area contributed by atoms with Crippen LogP contribution in [-0.2, 0) is 9.59 Å². The average Bonchev–Trinajstić information content (AvgIpc) is 2.74. The molecular formula is C23H33N3O3. The third kappa shape index (κ3) is 5.89. The Bertz CT molecular complexity index is 717. The number of hydrogen-bond acceptors (Lipinski definition) is 4. The second-order valence-corrected chi connectivity index (χ2v) is 8.45. The van der Waals surface area contributed by atoms with E-state index in [1.807, 2.05) is 6.92 Å². The van der Waals surface area contributed by atoms with Crippen LogP contribution < -0.4 is 10.6 Å². The first kappa shape index (κ1) is 21.5. The van der Waals surface area contributed by atoms with E-state index in [2.05, 4.69) is 15.5 Å². The highest BCUT2D eigenvalue weighted by molar-refractivity contribution is 5.97. The summed E-state index contributed by atoms with van der Waals surface area (Å²) in [5.74, 6) is 0.379. The van der Waals surface area contributed by atoms with Crippen LogP contribution in [0.4, 0.5) is 5.69 Å². The minimum absolute atomic E-state index is 0.00898. The standard InChI is InChI=1S/C23H33N3O3/c1-16(22(28)24-20-10-8-18(9-11-20)17(2)27)26-14-12-21(13-15-26)25-23(29)19-6-4-3-5-7-19/h8-11,16,19,21H,3-7,12-15H2,1-2H3,(H,24,28)(H,25,29). The second-order valence-electron chi connectivity index (χ2n) is 8.45. The Kier molecular flexibility index (Phi) is 7.42. The van der Waals surface area contributed by atoms with Crippen molar-refractivity contribution in [2.75, 3.05) is 18.4 Å². The van der Waals surface area contributed by atoms with E-state index < -0.39 is 0 Å². The number of ketones is 1. The molecule has 158 valence electrons. The van der Waals surface area contributed by atoms with Gasteiger partial charge in [0.05, 0.1) is 6.04 Å². The van der Waals surface area contributed by atoms with Crippen LogP contribution in [0.1, 0.15) is 69.2 Å². The molecule has 6 nitrogen and oxygen atoms in total. The van der Waals surface area contributed by atoms with Gasteiger partial charge in [-0.2, -0.15) is 0 Å². The van der Waals surface area contributed by atoms with Crippen LogP contribution in [0.3, 0.4) is 0 Å². The first-order chi connectivity index (χ1) is 13.9. The summed E-state index contributed by atoms with van der Waals surface area (Å²) in [7, 11) is 0. The predicted molar refractivity (Wildman–Crippen MR) is 114 cm³/mol. The monoisotopic (exact) mass is 399 g/mol. The second kappa shape index (κ2) is 10.0. The van der Waals surface area contributed by atoms with Gasteiger partial charge in [0.2, 0.25) is 11.8 Å². The molecule has 2 aliphatic rings. The highest BCUT2D eigenvalue weighted by Crippen LogP contribution is 2.24. The Morgan fingerprint density at radius 3 is 2.17 bits per heavy atom. The van der Waals surface area contributed by atoms with E-state index in [4.69, 9.17) is 0 Å². The van der Waals surface area contributed by atoms with Gasteiger partial charge in [0.25, 0.3) is 0 Å². The van der Waals surface area contributed by atoms with Gasteiger partial charge in [-0.3, -0.25) is 19.3 Å². The molecule has 1 aliphatic heterocycles. The summed E-state index contributed by atoms with van der Waals surface area (Å²) in [6, 6.07) is 6.95. The number of nitrogens with one attached hydrogen (secondary N) is 2. The number of rotatable bonds is 6. The van der Waals surface area contributed by atoms with Gasteiger partial charge in [-0.05, 0) is 63.8 Å². The number of hydrogen-bond donors (Lipinski definition) is 2. The van der Waals surface area contributed by atoms with Crippen molar-refractivity contribution < 1.29 is 14.4 Å². The molecule has 2 amide bonds. The number of carbonyl (C=O) groups is 3. The minimum atomic E-state index is -0.238. The molecular weight excluding hydrogens is 366 g/mol. The molecule has 1 aromatic carbocycles. The van der Waals surface area contributed by atoms with Crippen LogP contribution in [-0.4, -0.2) is 47.7 Å². The molecule has 1 saturated heterocycles. The van der Waals surface area contributed by atoms with Crippen molar-refractivity contribution >= 4 is 23.3 Å². The lowest BCUT2D eigenvalue weighted by Crippen LogP contribution is -2.51.